The zero-order valence-electron chi connectivity index (χ0n) is 14.1. The molecular weight excluding hydrogens is 330 g/mol. The van der Waals surface area contributed by atoms with Crippen molar-refractivity contribution >= 4 is 33.3 Å². The van der Waals surface area contributed by atoms with Crippen LogP contribution in [-0.2, 0) is 11.2 Å². The van der Waals surface area contributed by atoms with Crippen LogP contribution in [-0.4, -0.2) is 15.9 Å². The quantitative estimate of drug-likeness (QED) is 0.734. The van der Waals surface area contributed by atoms with Gasteiger partial charge in [-0.2, -0.15) is 0 Å². The molecule has 1 aromatic carbocycles. The molecule has 0 unspecified atom stereocenters. The van der Waals surface area contributed by atoms with Crippen LogP contribution in [0.1, 0.15) is 42.5 Å². The first-order valence-electron chi connectivity index (χ1n) is 8.88. The Balaban J connectivity index is 1.46. The molecule has 2 aromatic heterocycles. The molecule has 1 aliphatic rings. The second-order valence-electron chi connectivity index (χ2n) is 6.62. The number of pyridine rings is 1. The molecule has 0 spiro atoms. The minimum atomic E-state index is 0.134. The van der Waals surface area contributed by atoms with Crippen molar-refractivity contribution in [3.8, 4) is 0 Å². The fourth-order valence-electron chi connectivity index (χ4n) is 3.52. The van der Waals surface area contributed by atoms with Gasteiger partial charge >= 0.3 is 0 Å². The summed E-state index contributed by atoms with van der Waals surface area (Å²) in [5.74, 6) is 0.292. The van der Waals surface area contributed by atoms with Crippen LogP contribution in [0, 0.1) is 5.92 Å². The highest BCUT2D eigenvalue weighted by Crippen LogP contribution is 2.27. The van der Waals surface area contributed by atoms with Gasteiger partial charge in [0.2, 0.25) is 5.91 Å². The Morgan fingerprint density at radius 3 is 2.84 bits per heavy atom. The predicted molar refractivity (Wildman–Crippen MR) is 102 cm³/mol. The standard InChI is InChI=1S/C20H21N3OS/c24-19(14-6-2-1-3-7-14)23-20-22-13-16(25-20)12-15-10-11-21-18-9-5-4-8-17(15)18/h4-5,8-11,13-14H,1-3,6-7,12H2,(H,22,23,24). The maximum absolute atomic E-state index is 12.4. The molecule has 1 fully saturated rings. The van der Waals surface area contributed by atoms with Crippen molar-refractivity contribution in [3.05, 3.63) is 53.2 Å². The fraction of sp³-hybridized carbons (Fsp3) is 0.350. The van der Waals surface area contributed by atoms with Crippen LogP contribution in [0.2, 0.25) is 0 Å². The second kappa shape index (κ2) is 7.31. The first-order valence-corrected chi connectivity index (χ1v) is 9.69. The van der Waals surface area contributed by atoms with E-state index >= 15 is 0 Å². The van der Waals surface area contributed by atoms with E-state index in [9.17, 15) is 4.79 Å². The Labute approximate surface area is 151 Å². The Morgan fingerprint density at radius 2 is 1.96 bits per heavy atom. The summed E-state index contributed by atoms with van der Waals surface area (Å²) in [6.07, 6.45) is 10.1. The molecular formula is C20H21N3OS. The molecule has 3 aromatic rings. The molecule has 0 bridgehead atoms. The molecule has 1 amide bonds. The third-order valence-corrected chi connectivity index (χ3v) is 5.78. The summed E-state index contributed by atoms with van der Waals surface area (Å²) in [4.78, 5) is 22.3. The third-order valence-electron chi connectivity index (χ3n) is 4.86. The van der Waals surface area contributed by atoms with Crippen LogP contribution in [0.25, 0.3) is 10.9 Å². The summed E-state index contributed by atoms with van der Waals surface area (Å²) in [6, 6.07) is 10.2. The van der Waals surface area contributed by atoms with Gasteiger partial charge in [0.1, 0.15) is 0 Å². The molecule has 128 valence electrons. The smallest absolute Gasteiger partial charge is 0.229 e. The molecule has 0 atom stereocenters. The highest BCUT2D eigenvalue weighted by molar-refractivity contribution is 7.15. The number of anilines is 1. The van der Waals surface area contributed by atoms with Crippen molar-refractivity contribution in [2.75, 3.05) is 5.32 Å². The number of rotatable bonds is 4. The molecule has 25 heavy (non-hydrogen) atoms. The molecule has 0 aliphatic heterocycles. The highest BCUT2D eigenvalue weighted by Gasteiger charge is 2.21. The summed E-state index contributed by atoms with van der Waals surface area (Å²) in [5, 5.41) is 4.90. The van der Waals surface area contributed by atoms with E-state index in [1.54, 1.807) is 11.3 Å². The van der Waals surface area contributed by atoms with Gasteiger partial charge in [-0.05, 0) is 30.5 Å². The Bertz CT molecular complexity index is 878. The van der Waals surface area contributed by atoms with Gasteiger partial charge in [-0.25, -0.2) is 4.98 Å². The largest absolute Gasteiger partial charge is 0.302 e. The molecule has 0 saturated heterocycles. The van der Waals surface area contributed by atoms with Gasteiger partial charge in [-0.15, -0.1) is 11.3 Å². The topological polar surface area (TPSA) is 54.9 Å². The lowest BCUT2D eigenvalue weighted by Crippen LogP contribution is -2.24. The Morgan fingerprint density at radius 1 is 1.12 bits per heavy atom. The molecule has 1 saturated carbocycles. The van der Waals surface area contributed by atoms with Gasteiger partial charge in [-0.1, -0.05) is 37.5 Å². The number of hydrogen-bond acceptors (Lipinski definition) is 4. The van der Waals surface area contributed by atoms with Gasteiger partial charge < -0.3 is 5.32 Å². The highest BCUT2D eigenvalue weighted by atomic mass is 32.1. The van der Waals surface area contributed by atoms with E-state index in [2.05, 4.69) is 27.4 Å². The molecule has 0 radical (unpaired) electrons. The van der Waals surface area contributed by atoms with Crippen LogP contribution < -0.4 is 5.32 Å². The lowest BCUT2D eigenvalue weighted by Gasteiger charge is -2.19. The van der Waals surface area contributed by atoms with E-state index in [4.69, 9.17) is 0 Å². The van der Waals surface area contributed by atoms with Gasteiger partial charge in [0.25, 0.3) is 0 Å². The Hall–Kier alpha value is -2.27. The average Bonchev–Trinajstić information content (AvgIpc) is 3.09. The summed E-state index contributed by atoms with van der Waals surface area (Å²) in [5.41, 5.74) is 2.25. The van der Waals surface area contributed by atoms with E-state index < -0.39 is 0 Å². The SMILES string of the molecule is O=C(Nc1ncc(Cc2ccnc3ccccc23)s1)C1CCCCC1. The van der Waals surface area contributed by atoms with E-state index in [1.807, 2.05) is 30.6 Å². The van der Waals surface area contributed by atoms with Gasteiger partial charge in [-0.3, -0.25) is 9.78 Å². The maximum atomic E-state index is 12.4. The van der Waals surface area contributed by atoms with Crippen molar-refractivity contribution in [3.63, 3.8) is 0 Å². The molecule has 4 rings (SSSR count). The minimum Gasteiger partial charge on any atom is -0.302 e. The number of aromatic nitrogens is 2. The van der Waals surface area contributed by atoms with Crippen LogP contribution in [0.5, 0.6) is 0 Å². The number of nitrogens with one attached hydrogen (secondary N) is 1. The second-order valence-corrected chi connectivity index (χ2v) is 7.74. The zero-order valence-corrected chi connectivity index (χ0v) is 14.9. The average molecular weight is 351 g/mol. The number of hydrogen-bond donors (Lipinski definition) is 1. The number of thiazole rings is 1. The van der Waals surface area contributed by atoms with Crippen LogP contribution >= 0.6 is 11.3 Å². The lowest BCUT2D eigenvalue weighted by molar-refractivity contribution is -0.120. The zero-order chi connectivity index (χ0) is 17.1. The molecule has 2 heterocycles. The number of fused-ring (bicyclic) bond motifs is 1. The fourth-order valence-corrected chi connectivity index (χ4v) is 4.35. The van der Waals surface area contributed by atoms with Gasteiger partial charge in [0.05, 0.1) is 5.52 Å². The predicted octanol–water partition coefficient (Wildman–Crippen LogP) is 4.80. The summed E-state index contributed by atoms with van der Waals surface area (Å²) in [7, 11) is 0. The Kier molecular flexibility index (Phi) is 4.74. The van der Waals surface area contributed by atoms with Gasteiger partial charge in [0, 0.05) is 35.0 Å². The number of carbonyl (C=O) groups is 1. The number of benzene rings is 1. The first-order chi connectivity index (χ1) is 12.3. The number of amides is 1. The molecule has 1 N–H and O–H groups in total. The number of para-hydroxylation sites is 1. The normalized spacial score (nSPS) is 15.4. The third kappa shape index (κ3) is 3.71. The van der Waals surface area contributed by atoms with Gasteiger partial charge in [0.15, 0.2) is 5.13 Å². The summed E-state index contributed by atoms with van der Waals surface area (Å²) < 4.78 is 0. The van der Waals surface area contributed by atoms with E-state index in [1.165, 1.54) is 17.4 Å². The van der Waals surface area contributed by atoms with E-state index in [-0.39, 0.29) is 11.8 Å². The lowest BCUT2D eigenvalue weighted by atomic mass is 9.89. The molecule has 5 heteroatoms. The number of carbonyl (C=O) groups excluding carboxylic acids is 1. The van der Waals surface area contributed by atoms with Crippen molar-refractivity contribution in [1.82, 2.24) is 9.97 Å². The minimum absolute atomic E-state index is 0.134. The van der Waals surface area contributed by atoms with Crippen molar-refractivity contribution in [1.29, 1.82) is 0 Å². The van der Waals surface area contributed by atoms with E-state index in [0.29, 0.717) is 5.13 Å². The van der Waals surface area contributed by atoms with Crippen molar-refractivity contribution in [2.24, 2.45) is 5.92 Å². The molecule has 4 nitrogen and oxygen atoms in total. The summed E-state index contributed by atoms with van der Waals surface area (Å²) >= 11 is 1.57. The number of nitrogens with zero attached hydrogens (tertiary/aromatic N) is 2. The van der Waals surface area contributed by atoms with Crippen LogP contribution in [0.4, 0.5) is 5.13 Å². The van der Waals surface area contributed by atoms with Crippen LogP contribution in [0.3, 0.4) is 0 Å². The van der Waals surface area contributed by atoms with Crippen molar-refractivity contribution in [2.45, 2.75) is 38.5 Å². The van der Waals surface area contributed by atoms with Crippen molar-refractivity contribution < 1.29 is 4.79 Å². The maximum Gasteiger partial charge on any atom is 0.229 e. The van der Waals surface area contributed by atoms with E-state index in [0.717, 1.165) is 42.5 Å². The monoisotopic (exact) mass is 351 g/mol. The van der Waals surface area contributed by atoms with Crippen LogP contribution in [0.15, 0.2) is 42.7 Å². The molecule has 1 aliphatic carbocycles. The summed E-state index contributed by atoms with van der Waals surface area (Å²) in [6.45, 7) is 0. The first kappa shape index (κ1) is 16.2.